The maximum atomic E-state index is 13.0. The Labute approximate surface area is 182 Å². The highest BCUT2D eigenvalue weighted by Gasteiger charge is 2.49. The van der Waals surface area contributed by atoms with Crippen LogP contribution in [0.1, 0.15) is 22.9 Å². The second-order valence-electron chi connectivity index (χ2n) is 7.15. The lowest BCUT2D eigenvalue weighted by atomic mass is 9.98. The quantitative estimate of drug-likeness (QED) is 0.366. The Morgan fingerprint density at radius 2 is 2.03 bits per heavy atom. The third kappa shape index (κ3) is 3.44. The van der Waals surface area contributed by atoms with Crippen LogP contribution in [0.15, 0.2) is 45.8 Å². The normalized spacial score (nSPS) is 17.9. The number of carbonyl (C=O) groups excluding carboxylic acids is 2. The van der Waals surface area contributed by atoms with E-state index in [-0.39, 0.29) is 16.5 Å². The number of carbonyl (C=O) groups is 2. The first-order valence-corrected chi connectivity index (χ1v) is 10.2. The van der Waals surface area contributed by atoms with Crippen molar-refractivity contribution in [2.75, 3.05) is 31.0 Å². The molecule has 0 spiro atoms. The average Bonchev–Trinajstić information content (AvgIpc) is 3.48. The number of aromatic nitrogens is 2. The van der Waals surface area contributed by atoms with E-state index in [0.717, 1.165) is 16.9 Å². The number of aryl methyl sites for hydroxylation is 1. The van der Waals surface area contributed by atoms with Gasteiger partial charge in [-0.1, -0.05) is 23.5 Å². The standard InChI is InChI=1S/C21H20N4O5S/c1-11-5-6-12(9-14(11)29-4)18(26)16-17(13-7-8-15(30-13)24(2)3)25(20(28)19(16)27)21-23-22-10-31-21/h5-10,17,26H,1-4H3/b18-16+. The maximum absolute atomic E-state index is 13.0. The molecule has 1 aromatic carbocycles. The van der Waals surface area contributed by atoms with Gasteiger partial charge in [-0.05, 0) is 24.6 Å². The number of rotatable bonds is 5. The second-order valence-corrected chi connectivity index (χ2v) is 7.96. The van der Waals surface area contributed by atoms with Crippen LogP contribution in [0.5, 0.6) is 5.75 Å². The van der Waals surface area contributed by atoms with Crippen molar-refractivity contribution in [1.82, 2.24) is 10.2 Å². The number of aliphatic hydroxyl groups is 1. The molecule has 1 atom stereocenters. The molecule has 1 amide bonds. The molecule has 1 fully saturated rings. The van der Waals surface area contributed by atoms with Crippen LogP contribution < -0.4 is 14.5 Å². The van der Waals surface area contributed by atoms with E-state index >= 15 is 0 Å². The van der Waals surface area contributed by atoms with Crippen molar-refractivity contribution < 1.29 is 23.8 Å². The van der Waals surface area contributed by atoms with E-state index in [9.17, 15) is 14.7 Å². The zero-order valence-corrected chi connectivity index (χ0v) is 18.1. The first kappa shape index (κ1) is 20.6. The summed E-state index contributed by atoms with van der Waals surface area (Å²) in [6.07, 6.45) is 0. The number of ether oxygens (including phenoxy) is 1. The van der Waals surface area contributed by atoms with Gasteiger partial charge < -0.3 is 19.2 Å². The number of amides is 1. The fourth-order valence-electron chi connectivity index (χ4n) is 3.42. The molecule has 1 N–H and O–H groups in total. The van der Waals surface area contributed by atoms with E-state index < -0.39 is 17.7 Å². The van der Waals surface area contributed by atoms with E-state index in [1.165, 1.54) is 17.5 Å². The molecule has 1 saturated heterocycles. The van der Waals surface area contributed by atoms with Gasteiger partial charge >= 0.3 is 5.91 Å². The number of ketones is 1. The third-order valence-electron chi connectivity index (χ3n) is 5.00. The molecule has 0 aliphatic carbocycles. The first-order valence-electron chi connectivity index (χ1n) is 9.32. The maximum Gasteiger partial charge on any atom is 0.302 e. The van der Waals surface area contributed by atoms with Crippen molar-refractivity contribution in [3.8, 4) is 5.75 Å². The Morgan fingerprint density at radius 3 is 2.65 bits per heavy atom. The van der Waals surface area contributed by atoms with Crippen LogP contribution in [0.25, 0.3) is 5.76 Å². The number of benzene rings is 1. The summed E-state index contributed by atoms with van der Waals surface area (Å²) in [6.45, 7) is 1.86. The monoisotopic (exact) mass is 440 g/mol. The van der Waals surface area contributed by atoms with E-state index in [2.05, 4.69) is 10.2 Å². The molecule has 4 rings (SSSR count). The minimum atomic E-state index is -0.992. The van der Waals surface area contributed by atoms with Crippen LogP contribution in [0, 0.1) is 6.92 Å². The first-order chi connectivity index (χ1) is 14.8. The zero-order chi connectivity index (χ0) is 22.3. The van der Waals surface area contributed by atoms with Crippen LogP contribution >= 0.6 is 11.3 Å². The minimum Gasteiger partial charge on any atom is -0.507 e. The van der Waals surface area contributed by atoms with Crippen molar-refractivity contribution in [3.05, 3.63) is 58.3 Å². The molecular formula is C21H20N4O5S. The van der Waals surface area contributed by atoms with Crippen molar-refractivity contribution in [2.45, 2.75) is 13.0 Å². The molecule has 3 heterocycles. The minimum absolute atomic E-state index is 0.0919. The fourth-order valence-corrected chi connectivity index (χ4v) is 4.01. The van der Waals surface area contributed by atoms with Gasteiger partial charge in [-0.15, -0.1) is 10.2 Å². The SMILES string of the molecule is COc1cc(/C(O)=C2\C(=O)C(=O)N(c3nncs3)C2c2ccc(N(C)C)o2)ccc1C. The molecule has 160 valence electrons. The summed E-state index contributed by atoms with van der Waals surface area (Å²) in [5.41, 5.74) is 2.59. The highest BCUT2D eigenvalue weighted by Crippen LogP contribution is 2.43. The lowest BCUT2D eigenvalue weighted by Gasteiger charge is -2.20. The van der Waals surface area contributed by atoms with E-state index in [1.54, 1.807) is 35.2 Å². The highest BCUT2D eigenvalue weighted by molar-refractivity contribution is 7.13. The number of hydrogen-bond acceptors (Lipinski definition) is 9. The molecule has 0 bridgehead atoms. The Hall–Kier alpha value is -3.66. The van der Waals surface area contributed by atoms with E-state index in [4.69, 9.17) is 9.15 Å². The van der Waals surface area contributed by atoms with Crippen LogP contribution in [-0.2, 0) is 9.59 Å². The van der Waals surface area contributed by atoms with Crippen LogP contribution in [0.3, 0.4) is 0 Å². The number of furan rings is 1. The molecule has 1 aliphatic heterocycles. The number of anilines is 2. The van der Waals surface area contributed by atoms with E-state index in [0.29, 0.717) is 23.0 Å². The van der Waals surface area contributed by atoms with Gasteiger partial charge in [0.05, 0.1) is 12.7 Å². The Kier molecular flexibility index (Phi) is 5.24. The molecule has 3 aromatic rings. The van der Waals surface area contributed by atoms with Crippen molar-refractivity contribution in [1.29, 1.82) is 0 Å². The van der Waals surface area contributed by atoms with Gasteiger partial charge in [0.25, 0.3) is 5.78 Å². The molecule has 0 saturated carbocycles. The highest BCUT2D eigenvalue weighted by atomic mass is 32.1. The van der Waals surface area contributed by atoms with E-state index in [1.807, 2.05) is 21.0 Å². The van der Waals surface area contributed by atoms with Gasteiger partial charge in [-0.25, -0.2) is 0 Å². The number of hydrogen-bond donors (Lipinski definition) is 1. The Bertz CT molecular complexity index is 1180. The smallest absolute Gasteiger partial charge is 0.302 e. The molecule has 10 heteroatoms. The fraction of sp³-hybridized carbons (Fsp3) is 0.238. The summed E-state index contributed by atoms with van der Waals surface area (Å²) in [7, 11) is 5.14. The summed E-state index contributed by atoms with van der Waals surface area (Å²) in [6, 6.07) is 7.45. The summed E-state index contributed by atoms with van der Waals surface area (Å²) in [4.78, 5) is 28.9. The molecule has 31 heavy (non-hydrogen) atoms. The summed E-state index contributed by atoms with van der Waals surface area (Å²) < 4.78 is 11.2. The van der Waals surface area contributed by atoms with Crippen molar-refractivity contribution in [2.24, 2.45) is 0 Å². The van der Waals surface area contributed by atoms with Gasteiger partial charge in [-0.2, -0.15) is 0 Å². The topological polar surface area (TPSA) is 109 Å². The summed E-state index contributed by atoms with van der Waals surface area (Å²) >= 11 is 1.11. The van der Waals surface area contributed by atoms with Crippen molar-refractivity contribution >= 4 is 39.8 Å². The summed E-state index contributed by atoms with van der Waals surface area (Å²) in [5, 5.41) is 19.1. The molecule has 1 aliphatic rings. The number of aliphatic hydroxyl groups excluding tert-OH is 1. The molecule has 1 unspecified atom stereocenters. The van der Waals surface area contributed by atoms with Gasteiger partial charge in [-0.3, -0.25) is 14.5 Å². The predicted molar refractivity (Wildman–Crippen MR) is 115 cm³/mol. The third-order valence-corrected chi connectivity index (χ3v) is 5.69. The molecular weight excluding hydrogens is 420 g/mol. The Morgan fingerprint density at radius 1 is 1.26 bits per heavy atom. The van der Waals surface area contributed by atoms with Gasteiger partial charge in [0.1, 0.15) is 28.8 Å². The Balaban J connectivity index is 1.92. The molecule has 0 radical (unpaired) electrons. The lowest BCUT2D eigenvalue weighted by Crippen LogP contribution is -2.29. The second kappa shape index (κ2) is 7.88. The van der Waals surface area contributed by atoms with Crippen LogP contribution in [0.2, 0.25) is 0 Å². The van der Waals surface area contributed by atoms with Crippen LogP contribution in [-0.4, -0.2) is 48.2 Å². The van der Waals surface area contributed by atoms with Gasteiger partial charge in [0, 0.05) is 25.7 Å². The van der Waals surface area contributed by atoms with Gasteiger partial charge in [0.2, 0.25) is 5.13 Å². The average molecular weight is 440 g/mol. The largest absolute Gasteiger partial charge is 0.507 e. The van der Waals surface area contributed by atoms with Crippen molar-refractivity contribution in [3.63, 3.8) is 0 Å². The number of methoxy groups -OCH3 is 1. The molecule has 2 aromatic heterocycles. The van der Waals surface area contributed by atoms with Crippen LogP contribution in [0.4, 0.5) is 11.0 Å². The number of nitrogens with zero attached hydrogens (tertiary/aromatic N) is 4. The number of Topliss-reactive ketones (excluding diaryl/α,β-unsaturated/α-hetero) is 1. The van der Waals surface area contributed by atoms with Gasteiger partial charge in [0.15, 0.2) is 5.88 Å². The zero-order valence-electron chi connectivity index (χ0n) is 17.3. The lowest BCUT2D eigenvalue weighted by molar-refractivity contribution is -0.132. The molecule has 9 nitrogen and oxygen atoms in total. The summed E-state index contributed by atoms with van der Waals surface area (Å²) in [5.74, 6) is -0.567. The predicted octanol–water partition coefficient (Wildman–Crippen LogP) is 3.14.